The molecule has 1 heterocycles. The lowest BCUT2D eigenvalue weighted by Crippen LogP contribution is -1.99. The molecule has 23 heavy (non-hydrogen) atoms. The number of fused-ring (bicyclic) bond motifs is 1. The van der Waals surface area contributed by atoms with E-state index in [4.69, 9.17) is 9.52 Å². The number of carboxylic acid groups (broad SMARTS) is 1. The first kappa shape index (κ1) is 14.5. The molecule has 0 amide bonds. The molecule has 3 rings (SSSR count). The highest BCUT2D eigenvalue weighted by Gasteiger charge is 2.19. The van der Waals surface area contributed by atoms with Crippen molar-refractivity contribution in [1.82, 2.24) is 0 Å². The fourth-order valence-electron chi connectivity index (χ4n) is 2.17. The van der Waals surface area contributed by atoms with Crippen LogP contribution in [-0.2, 0) is 0 Å². The van der Waals surface area contributed by atoms with Gasteiger partial charge in [-0.25, -0.2) is 4.79 Å². The van der Waals surface area contributed by atoms with Crippen LogP contribution in [0.2, 0.25) is 0 Å². The van der Waals surface area contributed by atoms with Crippen LogP contribution in [0.1, 0.15) is 26.5 Å². The summed E-state index contributed by atoms with van der Waals surface area (Å²) in [5, 5.41) is 37.6. The van der Waals surface area contributed by atoms with Crippen molar-refractivity contribution in [2.24, 2.45) is 0 Å². The van der Waals surface area contributed by atoms with Crippen LogP contribution in [0, 0.1) is 0 Å². The van der Waals surface area contributed by atoms with E-state index < -0.39 is 29.0 Å². The Morgan fingerprint density at radius 3 is 2.13 bits per heavy atom. The summed E-state index contributed by atoms with van der Waals surface area (Å²) in [5.41, 5.74) is 0.290. The molecule has 7 nitrogen and oxygen atoms in total. The van der Waals surface area contributed by atoms with Crippen molar-refractivity contribution in [2.75, 3.05) is 0 Å². The first-order chi connectivity index (χ1) is 10.9. The second-order valence-electron chi connectivity index (χ2n) is 4.86. The van der Waals surface area contributed by atoms with Crippen LogP contribution in [0.3, 0.4) is 0 Å². The normalized spacial score (nSPS) is 10.8. The predicted molar refractivity (Wildman–Crippen MR) is 78.0 cm³/mol. The van der Waals surface area contributed by atoms with Gasteiger partial charge in [0.05, 0.1) is 5.56 Å². The van der Waals surface area contributed by atoms with Crippen molar-refractivity contribution in [3.8, 4) is 17.2 Å². The molecule has 0 radical (unpaired) electrons. The maximum Gasteiger partial charge on any atom is 0.335 e. The van der Waals surface area contributed by atoms with E-state index in [9.17, 15) is 24.9 Å². The summed E-state index contributed by atoms with van der Waals surface area (Å²) in [6, 6.07) is 7.50. The molecular weight excluding hydrogens is 304 g/mol. The van der Waals surface area contributed by atoms with Crippen molar-refractivity contribution in [2.45, 2.75) is 0 Å². The molecule has 0 aliphatic rings. The minimum Gasteiger partial charge on any atom is -0.504 e. The van der Waals surface area contributed by atoms with Gasteiger partial charge >= 0.3 is 5.97 Å². The topological polar surface area (TPSA) is 128 Å². The van der Waals surface area contributed by atoms with Crippen LogP contribution in [0.4, 0.5) is 0 Å². The number of phenols is 3. The zero-order valence-corrected chi connectivity index (χ0v) is 11.5. The van der Waals surface area contributed by atoms with E-state index in [0.29, 0.717) is 11.0 Å². The number of hydrogen-bond donors (Lipinski definition) is 4. The van der Waals surface area contributed by atoms with E-state index in [1.807, 2.05) is 0 Å². The summed E-state index contributed by atoms with van der Waals surface area (Å²) in [5.74, 6) is -3.84. The van der Waals surface area contributed by atoms with Gasteiger partial charge in [0.1, 0.15) is 5.58 Å². The molecule has 0 atom stereocenters. The standard InChI is InChI=1S/C16H10O7/c17-10-4-9(5-11(18)15(10)20)14(19)13-6-8-3-7(16(21)22)1-2-12(8)23-13/h1-6,17-18,20H,(H,21,22). The Hall–Kier alpha value is -3.48. The lowest BCUT2D eigenvalue weighted by Gasteiger charge is -2.03. The average molecular weight is 314 g/mol. The van der Waals surface area contributed by atoms with Gasteiger partial charge in [-0.2, -0.15) is 0 Å². The number of furan rings is 1. The van der Waals surface area contributed by atoms with Gasteiger partial charge in [-0.05, 0) is 36.4 Å². The van der Waals surface area contributed by atoms with E-state index in [1.54, 1.807) is 0 Å². The zero-order valence-electron chi connectivity index (χ0n) is 11.5. The number of carbonyl (C=O) groups is 2. The molecule has 0 fully saturated rings. The highest BCUT2D eigenvalue weighted by molar-refractivity contribution is 6.09. The van der Waals surface area contributed by atoms with Crippen LogP contribution < -0.4 is 0 Å². The fraction of sp³-hybridized carbons (Fsp3) is 0. The number of aromatic hydroxyl groups is 3. The Morgan fingerprint density at radius 1 is 0.870 bits per heavy atom. The Bertz CT molecular complexity index is 929. The molecule has 0 aliphatic carbocycles. The lowest BCUT2D eigenvalue weighted by atomic mass is 10.1. The molecule has 0 saturated heterocycles. The molecule has 116 valence electrons. The van der Waals surface area contributed by atoms with Gasteiger partial charge in [0.25, 0.3) is 0 Å². The van der Waals surface area contributed by atoms with Gasteiger partial charge in [-0.1, -0.05) is 0 Å². The van der Waals surface area contributed by atoms with Crippen molar-refractivity contribution in [1.29, 1.82) is 0 Å². The Kier molecular flexibility index (Phi) is 3.18. The third kappa shape index (κ3) is 2.44. The molecule has 4 N–H and O–H groups in total. The molecule has 2 aromatic carbocycles. The third-order valence-electron chi connectivity index (χ3n) is 3.32. The van der Waals surface area contributed by atoms with Gasteiger partial charge in [-0.15, -0.1) is 0 Å². The number of carboxylic acids is 1. The summed E-state index contributed by atoms with van der Waals surface area (Å²) < 4.78 is 5.36. The minimum absolute atomic E-state index is 0.0530. The maximum atomic E-state index is 12.3. The van der Waals surface area contributed by atoms with Crippen LogP contribution in [0.25, 0.3) is 11.0 Å². The summed E-state index contributed by atoms with van der Waals surface area (Å²) >= 11 is 0. The van der Waals surface area contributed by atoms with E-state index in [0.717, 1.165) is 12.1 Å². The molecule has 1 aromatic heterocycles. The maximum absolute atomic E-state index is 12.3. The van der Waals surface area contributed by atoms with Crippen molar-refractivity contribution >= 4 is 22.7 Å². The SMILES string of the molecule is O=C(O)c1ccc2oc(C(=O)c3cc(O)c(O)c(O)c3)cc2c1. The van der Waals surface area contributed by atoms with Crippen LogP contribution in [0.5, 0.6) is 17.2 Å². The number of aromatic carboxylic acids is 1. The second-order valence-corrected chi connectivity index (χ2v) is 4.86. The number of hydrogen-bond acceptors (Lipinski definition) is 6. The molecule has 0 spiro atoms. The van der Waals surface area contributed by atoms with E-state index in [2.05, 4.69) is 0 Å². The first-order valence-corrected chi connectivity index (χ1v) is 6.43. The van der Waals surface area contributed by atoms with Crippen LogP contribution in [-0.4, -0.2) is 32.2 Å². The lowest BCUT2D eigenvalue weighted by molar-refractivity contribution is 0.0697. The summed E-state index contributed by atoms with van der Waals surface area (Å²) in [6.45, 7) is 0. The Balaban J connectivity index is 2.06. The highest BCUT2D eigenvalue weighted by atomic mass is 16.4. The first-order valence-electron chi connectivity index (χ1n) is 6.43. The molecule has 0 aliphatic heterocycles. The van der Waals surface area contributed by atoms with Gasteiger partial charge < -0.3 is 24.8 Å². The van der Waals surface area contributed by atoms with Gasteiger partial charge in [-0.3, -0.25) is 4.79 Å². The zero-order chi connectivity index (χ0) is 16.7. The predicted octanol–water partition coefficient (Wildman–Crippen LogP) is 2.48. The smallest absolute Gasteiger partial charge is 0.335 e. The average Bonchev–Trinajstić information content (AvgIpc) is 2.94. The van der Waals surface area contributed by atoms with Crippen molar-refractivity contribution in [3.05, 3.63) is 53.3 Å². The monoisotopic (exact) mass is 314 g/mol. The Morgan fingerprint density at radius 2 is 1.52 bits per heavy atom. The summed E-state index contributed by atoms with van der Waals surface area (Å²) in [4.78, 5) is 23.3. The van der Waals surface area contributed by atoms with Gasteiger partial charge in [0.15, 0.2) is 23.0 Å². The molecule has 3 aromatic rings. The van der Waals surface area contributed by atoms with Crippen LogP contribution >= 0.6 is 0 Å². The van der Waals surface area contributed by atoms with Gasteiger partial charge in [0.2, 0.25) is 5.78 Å². The van der Waals surface area contributed by atoms with Crippen LogP contribution in [0.15, 0.2) is 40.8 Å². The number of ketones is 1. The largest absolute Gasteiger partial charge is 0.504 e. The highest BCUT2D eigenvalue weighted by Crippen LogP contribution is 2.36. The third-order valence-corrected chi connectivity index (χ3v) is 3.32. The summed E-state index contributed by atoms with van der Waals surface area (Å²) in [7, 11) is 0. The number of phenolic OH excluding ortho intramolecular Hbond substituents is 3. The molecule has 0 unspecified atom stereocenters. The molecular formula is C16H10O7. The molecule has 0 bridgehead atoms. The van der Waals surface area contributed by atoms with E-state index in [1.165, 1.54) is 24.3 Å². The Labute approximate surface area is 128 Å². The van der Waals surface area contributed by atoms with E-state index in [-0.39, 0.29) is 16.9 Å². The summed E-state index contributed by atoms with van der Waals surface area (Å²) in [6.07, 6.45) is 0. The molecule has 0 saturated carbocycles. The van der Waals surface area contributed by atoms with Gasteiger partial charge in [0, 0.05) is 10.9 Å². The molecule has 7 heteroatoms. The number of rotatable bonds is 3. The quantitative estimate of drug-likeness (QED) is 0.432. The second kappa shape index (κ2) is 5.06. The van der Waals surface area contributed by atoms with Crippen molar-refractivity contribution in [3.63, 3.8) is 0 Å². The number of carbonyl (C=O) groups excluding carboxylic acids is 1. The minimum atomic E-state index is -1.10. The number of benzene rings is 2. The fourth-order valence-corrected chi connectivity index (χ4v) is 2.17. The van der Waals surface area contributed by atoms with E-state index >= 15 is 0 Å². The van der Waals surface area contributed by atoms with Crippen molar-refractivity contribution < 1.29 is 34.4 Å².